The van der Waals surface area contributed by atoms with Crippen molar-refractivity contribution < 1.29 is 14.5 Å². The van der Waals surface area contributed by atoms with E-state index in [2.05, 4.69) is 8.75 Å². The van der Waals surface area contributed by atoms with Crippen molar-refractivity contribution in [3.63, 3.8) is 0 Å². The molecule has 0 bridgehead atoms. The summed E-state index contributed by atoms with van der Waals surface area (Å²) < 4.78 is 8.00. The topological polar surface area (TPSA) is 103 Å². The number of hydrogen-bond acceptors (Lipinski definition) is 7. The van der Waals surface area contributed by atoms with Crippen LogP contribution in [-0.2, 0) is 0 Å². The van der Waals surface area contributed by atoms with E-state index in [0.717, 1.165) is 11.7 Å². The first kappa shape index (κ1) is 16.8. The van der Waals surface area contributed by atoms with Gasteiger partial charge in [0, 0.05) is 22.8 Å². The number of nitrogens with zero attached hydrogens (tertiary/aromatic N) is 3. The molecular weight excluding hydrogens is 341 g/mol. The summed E-state index contributed by atoms with van der Waals surface area (Å²) in [5.41, 5.74) is 1.27. The van der Waals surface area contributed by atoms with Crippen LogP contribution < -0.4 is 0 Å². The number of nitro groups is 1. The number of Topliss-reactive ketones (excluding diaryl/α,β-unsaturated/α-hetero) is 2. The van der Waals surface area contributed by atoms with Crippen LogP contribution in [0, 0.1) is 10.1 Å². The molecule has 0 saturated carbocycles. The predicted molar refractivity (Wildman–Crippen MR) is 89.1 cm³/mol. The summed E-state index contributed by atoms with van der Waals surface area (Å²) in [6, 6.07) is 9.30. The van der Waals surface area contributed by atoms with E-state index in [1.165, 1.54) is 12.1 Å². The SMILES string of the molecule is O=C1c2ccccc2C(=O)C1c1ccc([N+](=O)[O-])c2nsnc12.[NaH]. The summed E-state index contributed by atoms with van der Waals surface area (Å²) in [5, 5.41) is 11.1. The third-order valence-electron chi connectivity index (χ3n) is 3.92. The first-order valence-corrected chi connectivity index (χ1v) is 7.39. The van der Waals surface area contributed by atoms with E-state index >= 15 is 0 Å². The van der Waals surface area contributed by atoms with Crippen molar-refractivity contribution in [2.24, 2.45) is 0 Å². The van der Waals surface area contributed by atoms with Gasteiger partial charge in [-0.15, -0.1) is 0 Å². The molecule has 0 saturated heterocycles. The Morgan fingerprint density at radius 3 is 2.12 bits per heavy atom. The van der Waals surface area contributed by atoms with Crippen molar-refractivity contribution in [3.05, 3.63) is 63.2 Å². The zero-order valence-corrected chi connectivity index (χ0v) is 12.2. The minimum absolute atomic E-state index is 0. The standard InChI is InChI=1S/C15H7N3O4S.Na.H/c19-14-7-3-1-2-4-8(7)15(20)11(14)9-5-6-10(18(21)22)13-12(9)16-23-17-13;;/h1-6,11H;;. The number of carbonyl (C=O) groups is 2. The molecule has 0 radical (unpaired) electrons. The molecule has 1 aliphatic rings. The Kier molecular flexibility index (Phi) is 4.31. The van der Waals surface area contributed by atoms with Crippen molar-refractivity contribution in [3.8, 4) is 0 Å². The van der Waals surface area contributed by atoms with Crippen LogP contribution in [0.25, 0.3) is 11.0 Å². The molecule has 1 aromatic heterocycles. The van der Waals surface area contributed by atoms with Crippen LogP contribution in [0.5, 0.6) is 0 Å². The number of hydrogen-bond donors (Lipinski definition) is 0. The summed E-state index contributed by atoms with van der Waals surface area (Å²) in [6.45, 7) is 0. The maximum atomic E-state index is 12.6. The van der Waals surface area contributed by atoms with Crippen LogP contribution in [0.4, 0.5) is 5.69 Å². The third kappa shape index (κ3) is 2.30. The number of fused-ring (bicyclic) bond motifs is 2. The van der Waals surface area contributed by atoms with Gasteiger partial charge < -0.3 is 0 Å². The average Bonchev–Trinajstić information content (AvgIpc) is 3.12. The molecule has 0 fully saturated rings. The summed E-state index contributed by atoms with van der Waals surface area (Å²) in [5.74, 6) is -1.64. The number of nitro benzene ring substituents is 1. The van der Waals surface area contributed by atoms with Gasteiger partial charge in [-0.05, 0) is 6.07 Å². The molecule has 2 aromatic carbocycles. The normalized spacial score (nSPS) is 13.8. The van der Waals surface area contributed by atoms with Gasteiger partial charge in [0.1, 0.15) is 11.4 Å². The first-order chi connectivity index (χ1) is 11.1. The van der Waals surface area contributed by atoms with Crippen LogP contribution >= 0.6 is 11.7 Å². The average molecular weight is 349 g/mol. The van der Waals surface area contributed by atoms with Gasteiger partial charge >= 0.3 is 29.6 Å². The van der Waals surface area contributed by atoms with Crippen LogP contribution in [0.15, 0.2) is 36.4 Å². The molecule has 1 heterocycles. The number of rotatable bonds is 2. The predicted octanol–water partition coefficient (Wildman–Crippen LogP) is 2.11. The molecule has 114 valence electrons. The molecule has 3 aromatic rings. The maximum absolute atomic E-state index is 12.6. The molecule has 1 aliphatic carbocycles. The molecule has 0 atom stereocenters. The summed E-state index contributed by atoms with van der Waals surface area (Å²) in [6.07, 6.45) is 0. The second-order valence-corrected chi connectivity index (χ2v) is 5.63. The summed E-state index contributed by atoms with van der Waals surface area (Å²) in [4.78, 5) is 35.7. The van der Waals surface area contributed by atoms with Gasteiger partial charge in [-0.3, -0.25) is 19.7 Å². The first-order valence-electron chi connectivity index (χ1n) is 6.66. The van der Waals surface area contributed by atoms with Gasteiger partial charge in [0.15, 0.2) is 17.1 Å². The molecule has 0 spiro atoms. The summed E-state index contributed by atoms with van der Waals surface area (Å²) >= 11 is 0.817. The molecular formula is C15H8N3NaO4S. The van der Waals surface area contributed by atoms with Gasteiger partial charge in [-0.2, -0.15) is 8.75 Å². The number of benzene rings is 2. The number of non-ortho nitro benzene ring substituents is 1. The molecule has 0 aliphatic heterocycles. The van der Waals surface area contributed by atoms with E-state index in [4.69, 9.17) is 0 Å². The Hall–Kier alpha value is -2.00. The monoisotopic (exact) mass is 349 g/mol. The van der Waals surface area contributed by atoms with Crippen molar-refractivity contribution in [1.82, 2.24) is 8.75 Å². The number of ketones is 2. The van der Waals surface area contributed by atoms with Crippen LogP contribution in [0.3, 0.4) is 0 Å². The van der Waals surface area contributed by atoms with E-state index < -0.39 is 10.8 Å². The third-order valence-corrected chi connectivity index (χ3v) is 4.44. The second kappa shape index (κ2) is 6.14. The zero-order chi connectivity index (χ0) is 16.1. The molecule has 9 heteroatoms. The van der Waals surface area contributed by atoms with Gasteiger partial charge in [-0.1, -0.05) is 24.3 Å². The fourth-order valence-corrected chi connectivity index (χ4v) is 3.45. The van der Waals surface area contributed by atoms with Crippen molar-refractivity contribution in [2.75, 3.05) is 0 Å². The van der Waals surface area contributed by atoms with Gasteiger partial charge in [0.2, 0.25) is 0 Å². The van der Waals surface area contributed by atoms with Gasteiger partial charge in [0.05, 0.1) is 16.7 Å². The van der Waals surface area contributed by atoms with Gasteiger partial charge in [-0.25, -0.2) is 0 Å². The molecule has 7 nitrogen and oxygen atoms in total. The molecule has 0 amide bonds. The molecule has 24 heavy (non-hydrogen) atoms. The van der Waals surface area contributed by atoms with Crippen LogP contribution in [0.1, 0.15) is 32.2 Å². The van der Waals surface area contributed by atoms with E-state index in [0.29, 0.717) is 16.7 Å². The molecule has 0 unspecified atom stereocenters. The quantitative estimate of drug-likeness (QED) is 0.304. The van der Waals surface area contributed by atoms with Crippen molar-refractivity contribution in [2.45, 2.75) is 5.92 Å². The summed E-state index contributed by atoms with van der Waals surface area (Å²) in [7, 11) is 0. The number of carbonyl (C=O) groups excluding carboxylic acids is 2. The van der Waals surface area contributed by atoms with Crippen molar-refractivity contribution >= 4 is 69.6 Å². The van der Waals surface area contributed by atoms with E-state index in [-0.39, 0.29) is 57.8 Å². The van der Waals surface area contributed by atoms with Crippen LogP contribution in [0.2, 0.25) is 0 Å². The van der Waals surface area contributed by atoms with Crippen molar-refractivity contribution in [1.29, 1.82) is 0 Å². The Morgan fingerprint density at radius 2 is 1.54 bits per heavy atom. The fourth-order valence-electron chi connectivity index (χ4n) is 2.88. The Bertz CT molecular complexity index is 982. The Balaban J connectivity index is 0.00000169. The Labute approximate surface area is 161 Å². The minimum atomic E-state index is -1.01. The van der Waals surface area contributed by atoms with E-state index in [9.17, 15) is 19.7 Å². The van der Waals surface area contributed by atoms with Gasteiger partial charge in [0.25, 0.3) is 5.69 Å². The molecule has 0 N–H and O–H groups in total. The molecule has 4 rings (SSSR count). The zero-order valence-electron chi connectivity index (χ0n) is 11.4. The Morgan fingerprint density at radius 1 is 0.958 bits per heavy atom. The van der Waals surface area contributed by atoms with E-state index in [1.54, 1.807) is 24.3 Å². The second-order valence-electron chi connectivity index (χ2n) is 5.10. The number of aromatic nitrogens is 2. The fraction of sp³-hybridized carbons (Fsp3) is 0.0667. The van der Waals surface area contributed by atoms with E-state index in [1.807, 2.05) is 0 Å². The van der Waals surface area contributed by atoms with Crippen LogP contribution in [-0.4, -0.2) is 54.8 Å².